The number of carbonyl (C=O) groups is 2. The van der Waals surface area contributed by atoms with Crippen LogP contribution in [0.5, 0.6) is 0 Å². The Morgan fingerprint density at radius 2 is 2.08 bits per heavy atom. The first-order chi connectivity index (χ1) is 11.5. The van der Waals surface area contributed by atoms with Crippen molar-refractivity contribution in [1.82, 2.24) is 0 Å². The Morgan fingerprint density at radius 1 is 1.33 bits per heavy atom. The molecule has 1 aliphatic carbocycles. The third-order valence-electron chi connectivity index (χ3n) is 4.26. The minimum absolute atomic E-state index is 0.282. The summed E-state index contributed by atoms with van der Waals surface area (Å²) in [5, 5.41) is 8.19. The molecule has 2 unspecified atom stereocenters. The molecule has 138 valence electrons. The van der Waals surface area contributed by atoms with Gasteiger partial charge in [0, 0.05) is 19.3 Å². The van der Waals surface area contributed by atoms with E-state index in [1.807, 2.05) is 19.1 Å². The summed E-state index contributed by atoms with van der Waals surface area (Å²) in [6, 6.07) is 0. The summed E-state index contributed by atoms with van der Waals surface area (Å²) in [4.78, 5) is 21.0. The molecule has 0 aromatic carbocycles. The van der Waals surface area contributed by atoms with E-state index in [1.54, 1.807) is 0 Å². The number of allylic oxidation sites excluding steroid dienone is 4. The van der Waals surface area contributed by atoms with Crippen molar-refractivity contribution in [3.8, 4) is 0 Å². The lowest BCUT2D eigenvalue weighted by Gasteiger charge is -2.06. The van der Waals surface area contributed by atoms with Crippen molar-refractivity contribution in [2.45, 2.75) is 85.0 Å². The Labute approximate surface area is 148 Å². The van der Waals surface area contributed by atoms with Crippen LogP contribution in [0.3, 0.4) is 0 Å². The predicted molar refractivity (Wildman–Crippen MR) is 101 cm³/mol. The van der Waals surface area contributed by atoms with Crippen molar-refractivity contribution >= 4 is 11.8 Å². The molecule has 24 heavy (non-hydrogen) atoms. The van der Waals surface area contributed by atoms with Gasteiger partial charge in [0.25, 0.3) is 0 Å². The van der Waals surface area contributed by atoms with Crippen LogP contribution in [0.15, 0.2) is 24.3 Å². The fourth-order valence-electron chi connectivity index (χ4n) is 2.70. The van der Waals surface area contributed by atoms with Crippen LogP contribution in [0.2, 0.25) is 0 Å². The average Bonchev–Trinajstić information content (AvgIpc) is 2.96. The molecule has 0 amide bonds. The van der Waals surface area contributed by atoms with Crippen molar-refractivity contribution in [2.24, 2.45) is 11.8 Å². The maximum Gasteiger partial charge on any atom is 0.303 e. The van der Waals surface area contributed by atoms with Crippen molar-refractivity contribution in [1.29, 1.82) is 0 Å². The number of carbonyl (C=O) groups excluding carboxylic acids is 1. The van der Waals surface area contributed by atoms with E-state index < -0.39 is 5.97 Å². The maximum atomic E-state index is 11.1. The number of carboxylic acid groups (broad SMARTS) is 1. The van der Waals surface area contributed by atoms with Gasteiger partial charge in [-0.3, -0.25) is 9.59 Å². The standard InChI is InChI=1S/C14H24O.C7H12O2/c1-3-4-5-6-12(2)7-8-13-9-10-14(15)11-13;1-2-3-4-5-6-7(8)9/h7-8,12-13H,3-6,9-11H2,1-2H3;2-3H,4-6H2,1H3,(H,8,9)/b8-7+;3-2-. The topological polar surface area (TPSA) is 54.4 Å². The minimum atomic E-state index is -0.709. The number of aliphatic carboxylic acids is 1. The molecule has 1 rings (SSSR count). The number of rotatable bonds is 10. The van der Waals surface area contributed by atoms with Crippen molar-refractivity contribution in [3.63, 3.8) is 0 Å². The molecule has 1 aliphatic rings. The highest BCUT2D eigenvalue weighted by molar-refractivity contribution is 5.80. The van der Waals surface area contributed by atoms with Crippen LogP contribution in [0.1, 0.15) is 85.0 Å². The molecular weight excluding hydrogens is 300 g/mol. The first-order valence-electron chi connectivity index (χ1n) is 9.52. The van der Waals surface area contributed by atoms with E-state index in [1.165, 1.54) is 25.7 Å². The highest BCUT2D eigenvalue weighted by Crippen LogP contribution is 2.24. The molecule has 0 aromatic rings. The third kappa shape index (κ3) is 14.2. The molecular formula is C21H36O3. The van der Waals surface area contributed by atoms with Crippen LogP contribution in [0.4, 0.5) is 0 Å². The van der Waals surface area contributed by atoms with Gasteiger partial charge in [0.2, 0.25) is 0 Å². The number of hydrogen-bond acceptors (Lipinski definition) is 2. The van der Waals surface area contributed by atoms with Gasteiger partial charge in [0.05, 0.1) is 0 Å². The van der Waals surface area contributed by atoms with Gasteiger partial charge in [-0.05, 0) is 44.4 Å². The van der Waals surface area contributed by atoms with Gasteiger partial charge in [0.1, 0.15) is 5.78 Å². The Kier molecular flexibility index (Phi) is 14.3. The molecule has 3 nitrogen and oxygen atoms in total. The Bertz CT molecular complexity index is 396. The second kappa shape index (κ2) is 15.2. The SMILES string of the molecule is C/C=C\CCCC(=O)O.CCCCCC(C)/C=C/C1CCC(=O)C1. The highest BCUT2D eigenvalue weighted by atomic mass is 16.4. The summed E-state index contributed by atoms with van der Waals surface area (Å²) in [5.41, 5.74) is 0. The number of hydrogen-bond donors (Lipinski definition) is 1. The van der Waals surface area contributed by atoms with Crippen LogP contribution in [0, 0.1) is 11.8 Å². The molecule has 2 atom stereocenters. The minimum Gasteiger partial charge on any atom is -0.481 e. The van der Waals surface area contributed by atoms with E-state index in [2.05, 4.69) is 26.0 Å². The van der Waals surface area contributed by atoms with E-state index in [0.717, 1.165) is 32.1 Å². The lowest BCUT2D eigenvalue weighted by molar-refractivity contribution is -0.137. The smallest absolute Gasteiger partial charge is 0.303 e. The number of unbranched alkanes of at least 4 members (excludes halogenated alkanes) is 3. The Balaban J connectivity index is 0.000000506. The second-order valence-corrected chi connectivity index (χ2v) is 6.75. The van der Waals surface area contributed by atoms with Crippen LogP contribution < -0.4 is 0 Å². The molecule has 0 saturated heterocycles. The summed E-state index contributed by atoms with van der Waals surface area (Å²) < 4.78 is 0. The van der Waals surface area contributed by atoms with E-state index in [4.69, 9.17) is 5.11 Å². The summed E-state index contributed by atoms with van der Waals surface area (Å²) in [6.45, 7) is 6.45. The summed E-state index contributed by atoms with van der Waals surface area (Å²) in [7, 11) is 0. The maximum absolute atomic E-state index is 11.1. The molecule has 3 heteroatoms. The molecule has 0 bridgehead atoms. The van der Waals surface area contributed by atoms with Crippen molar-refractivity contribution in [3.05, 3.63) is 24.3 Å². The van der Waals surface area contributed by atoms with E-state index in [-0.39, 0.29) is 6.42 Å². The summed E-state index contributed by atoms with van der Waals surface area (Å²) in [5.74, 6) is 0.973. The molecule has 1 fully saturated rings. The first-order valence-corrected chi connectivity index (χ1v) is 9.52. The van der Waals surface area contributed by atoms with Gasteiger partial charge in [-0.25, -0.2) is 0 Å². The molecule has 1 saturated carbocycles. The van der Waals surface area contributed by atoms with E-state index >= 15 is 0 Å². The van der Waals surface area contributed by atoms with Gasteiger partial charge >= 0.3 is 5.97 Å². The van der Waals surface area contributed by atoms with Crippen LogP contribution >= 0.6 is 0 Å². The average molecular weight is 337 g/mol. The van der Waals surface area contributed by atoms with Gasteiger partial charge in [-0.15, -0.1) is 0 Å². The fraction of sp³-hybridized carbons (Fsp3) is 0.714. The number of carboxylic acids is 1. The highest BCUT2D eigenvalue weighted by Gasteiger charge is 2.19. The molecule has 1 N–H and O–H groups in total. The van der Waals surface area contributed by atoms with Gasteiger partial charge in [-0.1, -0.05) is 57.4 Å². The zero-order valence-electron chi connectivity index (χ0n) is 15.8. The predicted octanol–water partition coefficient (Wildman–Crippen LogP) is 5.95. The van der Waals surface area contributed by atoms with Crippen molar-refractivity contribution in [2.75, 3.05) is 0 Å². The van der Waals surface area contributed by atoms with Gasteiger partial charge in [-0.2, -0.15) is 0 Å². The zero-order valence-corrected chi connectivity index (χ0v) is 15.8. The lowest BCUT2D eigenvalue weighted by Crippen LogP contribution is -1.94. The molecule has 0 aliphatic heterocycles. The summed E-state index contributed by atoms with van der Waals surface area (Å²) >= 11 is 0. The Morgan fingerprint density at radius 3 is 2.62 bits per heavy atom. The van der Waals surface area contributed by atoms with Crippen LogP contribution in [-0.2, 0) is 9.59 Å². The number of ketones is 1. The third-order valence-corrected chi connectivity index (χ3v) is 4.26. The molecule has 0 aromatic heterocycles. The largest absolute Gasteiger partial charge is 0.481 e. The second-order valence-electron chi connectivity index (χ2n) is 6.75. The molecule has 0 spiro atoms. The van der Waals surface area contributed by atoms with Crippen LogP contribution in [-0.4, -0.2) is 16.9 Å². The van der Waals surface area contributed by atoms with E-state index in [0.29, 0.717) is 17.6 Å². The number of Topliss-reactive ketones (excluding diaryl/α,β-unsaturated/α-hetero) is 1. The Hall–Kier alpha value is -1.38. The molecule has 0 radical (unpaired) electrons. The quantitative estimate of drug-likeness (QED) is 0.396. The van der Waals surface area contributed by atoms with Gasteiger partial charge < -0.3 is 5.11 Å². The zero-order chi connectivity index (χ0) is 18.2. The lowest BCUT2D eigenvalue weighted by atomic mass is 9.99. The van der Waals surface area contributed by atoms with E-state index in [9.17, 15) is 9.59 Å². The van der Waals surface area contributed by atoms with Gasteiger partial charge in [0.15, 0.2) is 0 Å². The summed E-state index contributed by atoms with van der Waals surface area (Å²) in [6.07, 6.45) is 18.4. The van der Waals surface area contributed by atoms with Crippen molar-refractivity contribution < 1.29 is 14.7 Å². The monoisotopic (exact) mass is 336 g/mol. The first kappa shape index (κ1) is 22.6. The fourth-order valence-corrected chi connectivity index (χ4v) is 2.70. The molecule has 0 heterocycles. The van der Waals surface area contributed by atoms with Crippen LogP contribution in [0.25, 0.3) is 0 Å². The normalized spacial score (nSPS) is 18.8.